The molecule has 0 atom stereocenters. The standard InChI is InChI=1S/C8H4ClF3N2/c9-6-2-5(8(10,11)12)4(3-13)1-7(6)14/h1-2H,14H2. The molecule has 0 unspecified atom stereocenters. The van der Waals surface area contributed by atoms with Crippen LogP contribution in [0.4, 0.5) is 18.9 Å². The topological polar surface area (TPSA) is 49.8 Å². The van der Waals surface area contributed by atoms with Gasteiger partial charge >= 0.3 is 6.18 Å². The van der Waals surface area contributed by atoms with E-state index in [1.54, 1.807) is 0 Å². The monoisotopic (exact) mass is 220 g/mol. The van der Waals surface area contributed by atoms with Gasteiger partial charge in [0.1, 0.15) is 0 Å². The minimum absolute atomic E-state index is 0.0452. The van der Waals surface area contributed by atoms with Crippen molar-refractivity contribution in [3.05, 3.63) is 28.3 Å². The van der Waals surface area contributed by atoms with E-state index in [1.807, 2.05) is 0 Å². The number of hydrogen-bond acceptors (Lipinski definition) is 2. The number of nitrogen functional groups attached to an aromatic ring is 1. The third-order valence-corrected chi connectivity index (χ3v) is 1.89. The number of halogens is 4. The van der Waals surface area contributed by atoms with Crippen molar-refractivity contribution >= 4 is 17.3 Å². The molecule has 0 aliphatic carbocycles. The van der Waals surface area contributed by atoms with Crippen molar-refractivity contribution in [3.63, 3.8) is 0 Å². The van der Waals surface area contributed by atoms with E-state index in [0.29, 0.717) is 6.07 Å². The second-order valence-electron chi connectivity index (χ2n) is 2.53. The molecule has 0 saturated heterocycles. The Balaban J connectivity index is 3.45. The van der Waals surface area contributed by atoms with E-state index in [2.05, 4.69) is 0 Å². The van der Waals surface area contributed by atoms with Crippen molar-refractivity contribution in [2.24, 2.45) is 0 Å². The third-order valence-electron chi connectivity index (χ3n) is 1.56. The van der Waals surface area contributed by atoms with Gasteiger partial charge in [-0.25, -0.2) is 0 Å². The number of nitrogens with two attached hydrogens (primary N) is 1. The predicted octanol–water partition coefficient (Wildman–Crippen LogP) is 2.81. The van der Waals surface area contributed by atoms with E-state index < -0.39 is 17.3 Å². The molecule has 6 heteroatoms. The largest absolute Gasteiger partial charge is 0.417 e. The Morgan fingerprint density at radius 2 is 1.93 bits per heavy atom. The van der Waals surface area contributed by atoms with E-state index in [-0.39, 0.29) is 10.7 Å². The van der Waals surface area contributed by atoms with Crippen LogP contribution in [0.5, 0.6) is 0 Å². The summed E-state index contributed by atoms with van der Waals surface area (Å²) in [6.45, 7) is 0. The van der Waals surface area contributed by atoms with Crippen molar-refractivity contribution < 1.29 is 13.2 Å². The van der Waals surface area contributed by atoms with E-state index >= 15 is 0 Å². The Kier molecular flexibility index (Phi) is 2.58. The van der Waals surface area contributed by atoms with E-state index in [1.165, 1.54) is 6.07 Å². The van der Waals surface area contributed by atoms with Crippen molar-refractivity contribution in [2.75, 3.05) is 5.73 Å². The lowest BCUT2D eigenvalue weighted by Crippen LogP contribution is -2.08. The highest BCUT2D eigenvalue weighted by Crippen LogP contribution is 2.35. The quantitative estimate of drug-likeness (QED) is 0.684. The summed E-state index contributed by atoms with van der Waals surface area (Å²) in [6.07, 6.45) is -4.59. The Bertz CT molecular complexity index is 406. The normalized spacial score (nSPS) is 11.1. The van der Waals surface area contributed by atoms with Crippen LogP contribution >= 0.6 is 11.6 Å². The second-order valence-corrected chi connectivity index (χ2v) is 2.94. The van der Waals surface area contributed by atoms with Crippen LogP contribution in [0.15, 0.2) is 12.1 Å². The predicted molar refractivity (Wildman–Crippen MR) is 45.6 cm³/mol. The summed E-state index contributed by atoms with van der Waals surface area (Å²) in [7, 11) is 0. The number of nitrogens with zero attached hydrogens (tertiary/aromatic N) is 1. The zero-order valence-corrected chi connectivity index (χ0v) is 7.45. The lowest BCUT2D eigenvalue weighted by atomic mass is 10.1. The Labute approximate surface area is 82.7 Å². The molecular weight excluding hydrogens is 217 g/mol. The maximum Gasteiger partial charge on any atom is 0.417 e. The van der Waals surface area contributed by atoms with Gasteiger partial charge in [-0.15, -0.1) is 0 Å². The highest BCUT2D eigenvalue weighted by molar-refractivity contribution is 6.33. The first kappa shape index (κ1) is 10.7. The lowest BCUT2D eigenvalue weighted by Gasteiger charge is -2.09. The Morgan fingerprint density at radius 3 is 2.36 bits per heavy atom. The van der Waals surface area contributed by atoms with Crippen LogP contribution in [0.1, 0.15) is 11.1 Å². The minimum Gasteiger partial charge on any atom is -0.397 e. The van der Waals surface area contributed by atoms with Crippen molar-refractivity contribution in [3.8, 4) is 6.07 Å². The zero-order chi connectivity index (χ0) is 10.9. The van der Waals surface area contributed by atoms with Crippen LogP contribution in [0.3, 0.4) is 0 Å². The van der Waals surface area contributed by atoms with Gasteiger partial charge in [0, 0.05) is 0 Å². The van der Waals surface area contributed by atoms with Crippen molar-refractivity contribution in [2.45, 2.75) is 6.18 Å². The van der Waals surface area contributed by atoms with Crippen LogP contribution < -0.4 is 5.73 Å². The van der Waals surface area contributed by atoms with Crippen molar-refractivity contribution in [1.29, 1.82) is 5.26 Å². The Morgan fingerprint density at radius 1 is 1.36 bits per heavy atom. The number of nitriles is 1. The molecular formula is C8H4ClF3N2. The summed E-state index contributed by atoms with van der Waals surface area (Å²) in [4.78, 5) is 0. The molecule has 1 rings (SSSR count). The van der Waals surface area contributed by atoms with Gasteiger partial charge in [0.2, 0.25) is 0 Å². The molecule has 0 amide bonds. The molecule has 2 N–H and O–H groups in total. The summed E-state index contributed by atoms with van der Waals surface area (Å²) in [5.41, 5.74) is 3.61. The molecule has 0 heterocycles. The average Bonchev–Trinajstić information content (AvgIpc) is 2.07. The number of benzene rings is 1. The first-order chi connectivity index (χ1) is 6.36. The molecule has 0 aliphatic heterocycles. The van der Waals surface area contributed by atoms with E-state index in [9.17, 15) is 13.2 Å². The summed E-state index contributed by atoms with van der Waals surface area (Å²) < 4.78 is 36.9. The van der Waals surface area contributed by atoms with Crippen molar-refractivity contribution in [1.82, 2.24) is 0 Å². The summed E-state index contributed by atoms with van der Waals surface area (Å²) in [6, 6.07) is 2.97. The number of anilines is 1. The summed E-state index contributed by atoms with van der Waals surface area (Å²) >= 11 is 5.41. The van der Waals surface area contributed by atoms with Crippen LogP contribution in [0, 0.1) is 11.3 Å². The van der Waals surface area contributed by atoms with E-state index in [4.69, 9.17) is 22.6 Å². The smallest absolute Gasteiger partial charge is 0.397 e. The summed E-state index contributed by atoms with van der Waals surface area (Å²) in [5, 5.41) is 8.24. The molecule has 0 aromatic heterocycles. The van der Waals surface area contributed by atoms with E-state index in [0.717, 1.165) is 6.07 Å². The molecule has 0 saturated carbocycles. The van der Waals surface area contributed by atoms with Gasteiger partial charge in [0.05, 0.1) is 27.9 Å². The fourth-order valence-electron chi connectivity index (χ4n) is 0.917. The molecule has 0 radical (unpaired) electrons. The fraction of sp³-hybridized carbons (Fsp3) is 0.125. The van der Waals surface area contributed by atoms with Crippen LogP contribution in [0.2, 0.25) is 5.02 Å². The van der Waals surface area contributed by atoms with Gasteiger partial charge in [-0.2, -0.15) is 18.4 Å². The van der Waals surface area contributed by atoms with Gasteiger partial charge in [0.25, 0.3) is 0 Å². The lowest BCUT2D eigenvalue weighted by molar-refractivity contribution is -0.137. The second kappa shape index (κ2) is 3.39. The number of alkyl halides is 3. The maximum absolute atomic E-state index is 12.3. The van der Waals surface area contributed by atoms with Crippen LogP contribution in [0.25, 0.3) is 0 Å². The maximum atomic E-state index is 12.3. The molecule has 0 bridgehead atoms. The highest BCUT2D eigenvalue weighted by atomic mass is 35.5. The molecule has 0 aliphatic rings. The summed E-state index contributed by atoms with van der Waals surface area (Å²) in [5.74, 6) is 0. The number of rotatable bonds is 0. The first-order valence-corrected chi connectivity index (χ1v) is 3.80. The SMILES string of the molecule is N#Cc1cc(N)c(Cl)cc1C(F)(F)F. The fourth-order valence-corrected chi connectivity index (χ4v) is 1.08. The molecule has 1 aromatic rings. The first-order valence-electron chi connectivity index (χ1n) is 3.42. The molecule has 2 nitrogen and oxygen atoms in total. The van der Waals surface area contributed by atoms with Gasteiger partial charge in [-0.1, -0.05) is 11.6 Å². The Hall–Kier alpha value is -1.41. The zero-order valence-electron chi connectivity index (χ0n) is 6.69. The molecule has 74 valence electrons. The molecule has 1 aromatic carbocycles. The third kappa shape index (κ3) is 1.91. The average molecular weight is 221 g/mol. The van der Waals surface area contributed by atoms with Gasteiger partial charge < -0.3 is 5.73 Å². The van der Waals surface area contributed by atoms with Crippen LogP contribution in [-0.2, 0) is 6.18 Å². The molecule has 0 spiro atoms. The minimum atomic E-state index is -4.59. The van der Waals surface area contributed by atoms with Crippen LogP contribution in [-0.4, -0.2) is 0 Å². The van der Waals surface area contributed by atoms with Gasteiger partial charge in [0.15, 0.2) is 0 Å². The number of hydrogen-bond donors (Lipinski definition) is 1. The highest BCUT2D eigenvalue weighted by Gasteiger charge is 2.34. The molecule has 0 fully saturated rings. The molecule has 14 heavy (non-hydrogen) atoms. The van der Waals surface area contributed by atoms with Gasteiger partial charge in [-0.3, -0.25) is 0 Å². The van der Waals surface area contributed by atoms with Gasteiger partial charge in [-0.05, 0) is 12.1 Å².